The van der Waals surface area contributed by atoms with E-state index in [1.165, 1.54) is 0 Å². The average Bonchev–Trinajstić information content (AvgIpc) is 3.12. The molecule has 0 aromatic rings. The molecule has 0 aromatic carbocycles. The summed E-state index contributed by atoms with van der Waals surface area (Å²) in [6, 6.07) is -2.72. The monoisotopic (exact) mass is 567 g/mol. The Morgan fingerprint density at radius 1 is 0.842 bits per heavy atom. The first-order valence-corrected chi connectivity index (χ1v) is 11.4. The Labute approximate surface area is 213 Å². The van der Waals surface area contributed by atoms with E-state index in [2.05, 4.69) is 0 Å². The lowest BCUT2D eigenvalue weighted by molar-refractivity contribution is -0.344. The van der Waals surface area contributed by atoms with Crippen molar-refractivity contribution in [3.05, 3.63) is 0 Å². The van der Waals surface area contributed by atoms with Crippen LogP contribution in [0.2, 0.25) is 0 Å². The number of alkyl halides is 3. The van der Waals surface area contributed by atoms with Gasteiger partial charge in [-0.2, -0.15) is 13.2 Å². The fourth-order valence-corrected chi connectivity index (χ4v) is 4.16. The van der Waals surface area contributed by atoms with Gasteiger partial charge in [-0.1, -0.05) is 0 Å². The Hall–Kier alpha value is -1.30. The molecule has 1 saturated carbocycles. The van der Waals surface area contributed by atoms with Crippen LogP contribution >= 0.6 is 0 Å². The maximum atomic E-state index is 10.6. The summed E-state index contributed by atoms with van der Waals surface area (Å²) < 4.78 is 54.0. The lowest BCUT2D eigenvalue weighted by atomic mass is 9.84. The highest BCUT2D eigenvalue weighted by Gasteiger charge is 2.52. The van der Waals surface area contributed by atoms with Crippen molar-refractivity contribution in [3.8, 4) is 0 Å². The van der Waals surface area contributed by atoms with E-state index in [1.54, 1.807) is 0 Å². The highest BCUT2D eigenvalue weighted by atomic mass is 19.4. The first-order valence-electron chi connectivity index (χ1n) is 11.4. The van der Waals surface area contributed by atoms with Crippen molar-refractivity contribution in [2.75, 3.05) is 13.2 Å². The molecule has 0 amide bonds. The molecule has 14 N–H and O–H groups in total. The molecule has 2 saturated heterocycles. The lowest BCUT2D eigenvalue weighted by Crippen LogP contribution is -2.68. The van der Waals surface area contributed by atoms with Crippen LogP contribution in [0.5, 0.6) is 0 Å². The van der Waals surface area contributed by atoms with E-state index in [-0.39, 0.29) is 13.0 Å². The van der Waals surface area contributed by atoms with Gasteiger partial charge in [-0.05, 0) is 6.42 Å². The number of carbonyl (C=O) groups excluding carboxylic acids is 1. The number of aliphatic hydroxyl groups excluding tert-OH is 6. The molecule has 0 unspecified atom stereocenters. The van der Waals surface area contributed by atoms with E-state index >= 15 is 0 Å². The second-order valence-electron chi connectivity index (χ2n) is 9.08. The van der Waals surface area contributed by atoms with E-state index in [9.17, 15) is 43.8 Å². The fourth-order valence-electron chi connectivity index (χ4n) is 4.16. The van der Waals surface area contributed by atoms with Crippen LogP contribution in [-0.4, -0.2) is 142 Å². The fraction of sp³-hybridized carbons (Fsp3) is 0.947. The minimum Gasteiger partial charge on any atom is -0.542 e. The van der Waals surface area contributed by atoms with Crippen LogP contribution in [0, 0.1) is 0 Å². The van der Waals surface area contributed by atoms with E-state index in [0.717, 1.165) is 0 Å². The Kier molecular flexibility index (Phi) is 11.6. The van der Waals surface area contributed by atoms with Crippen LogP contribution < -0.4 is 28.0 Å². The summed E-state index contributed by atoms with van der Waals surface area (Å²) in [5.41, 5.74) is 23.6. The Bertz CT molecular complexity index is 771. The molecule has 1 aliphatic carbocycles. The first kappa shape index (κ1) is 32.9. The first-order chi connectivity index (χ1) is 17.5. The Morgan fingerprint density at radius 2 is 1.34 bits per heavy atom. The summed E-state index contributed by atoms with van der Waals surface area (Å²) in [7, 11) is 0. The zero-order chi connectivity index (χ0) is 29.1. The molecule has 2 aliphatic heterocycles. The van der Waals surface area contributed by atoms with Crippen molar-refractivity contribution in [2.45, 2.75) is 98.2 Å². The number of carboxylic acid groups (broad SMARTS) is 1. The molecule has 16 nitrogen and oxygen atoms in total. The average molecular weight is 567 g/mol. The van der Waals surface area contributed by atoms with Crippen molar-refractivity contribution in [3.63, 3.8) is 0 Å². The standard InChI is InChI=1S/C17H34N4O10.C2HF3O2/c18-2-6-10(24)12(26)8(21)16(28-6)30-14-5(20)1-4(19)9(23)15(14)31-17-13(27)11(25)7(3-22)29-17;3-2(4,5)1(6)7/h4-17,22-27H,1-3,18-21H2;(H,6,7)/p-1/t4-,5+,6-,7-,8-,9+,10-,11-,12-,13-,14-,15-,16-,17+;/m1./s1. The zero-order valence-electron chi connectivity index (χ0n) is 19.8. The molecule has 3 rings (SSSR count). The topological polar surface area (TPSA) is 303 Å². The summed E-state index contributed by atoms with van der Waals surface area (Å²) in [5.74, 6) is -3.01. The summed E-state index contributed by atoms with van der Waals surface area (Å²) in [6.45, 7) is -0.673. The predicted octanol–water partition coefficient (Wildman–Crippen LogP) is -7.35. The summed E-state index contributed by atoms with van der Waals surface area (Å²) in [5, 5.41) is 69.0. The molecule has 3 aliphatic rings. The number of nitrogens with two attached hydrogens (primary N) is 4. The number of ether oxygens (including phenoxy) is 4. The van der Waals surface area contributed by atoms with Gasteiger partial charge in [0, 0.05) is 18.6 Å². The van der Waals surface area contributed by atoms with Gasteiger partial charge in [-0.3, -0.25) is 0 Å². The molecular weight excluding hydrogens is 533 g/mol. The van der Waals surface area contributed by atoms with Crippen molar-refractivity contribution >= 4 is 5.97 Å². The molecule has 3 fully saturated rings. The molecule has 38 heavy (non-hydrogen) atoms. The van der Waals surface area contributed by atoms with Gasteiger partial charge in [0.1, 0.15) is 54.8 Å². The van der Waals surface area contributed by atoms with E-state index in [1.807, 2.05) is 0 Å². The van der Waals surface area contributed by atoms with E-state index in [4.69, 9.17) is 51.8 Å². The molecule has 0 aromatic heterocycles. The van der Waals surface area contributed by atoms with Crippen LogP contribution in [0.25, 0.3) is 0 Å². The van der Waals surface area contributed by atoms with Crippen LogP contribution in [0.4, 0.5) is 13.2 Å². The third-order valence-electron chi connectivity index (χ3n) is 6.36. The van der Waals surface area contributed by atoms with Gasteiger partial charge in [0.2, 0.25) is 0 Å². The molecule has 2 heterocycles. The third kappa shape index (κ3) is 7.46. The van der Waals surface area contributed by atoms with E-state index in [0.29, 0.717) is 0 Å². The third-order valence-corrected chi connectivity index (χ3v) is 6.36. The maximum absolute atomic E-state index is 10.6. The SMILES string of the molecule is NC[C@H]1O[C@H](O[C@H]2[C@H](O[C@@H]3O[C@H](CO)[C@@H](O)[C@H]3O)[C@@H](O)[C@H](N)C[C@@H]2N)[C@H](N)[C@@H](O)[C@@H]1O.O=C([O-])C(F)(F)F. The van der Waals surface area contributed by atoms with E-state index < -0.39 is 104 Å². The van der Waals surface area contributed by atoms with Crippen molar-refractivity contribution in [2.24, 2.45) is 22.9 Å². The molecule has 0 spiro atoms. The van der Waals surface area contributed by atoms with Gasteiger partial charge in [-0.15, -0.1) is 0 Å². The van der Waals surface area contributed by atoms with Gasteiger partial charge in [0.15, 0.2) is 12.6 Å². The second-order valence-corrected chi connectivity index (χ2v) is 9.08. The highest BCUT2D eigenvalue weighted by Crippen LogP contribution is 2.32. The van der Waals surface area contributed by atoms with Gasteiger partial charge >= 0.3 is 6.18 Å². The quantitative estimate of drug-likeness (QED) is 0.142. The molecule has 0 radical (unpaired) electrons. The number of aliphatic hydroxyl groups is 6. The minimum absolute atomic E-state index is 0.114. The summed E-state index contributed by atoms with van der Waals surface area (Å²) in [6.07, 6.45) is -19.0. The van der Waals surface area contributed by atoms with Crippen molar-refractivity contribution in [1.29, 1.82) is 0 Å². The molecule has 224 valence electrons. The number of carbonyl (C=O) groups is 1. The molecule has 14 atom stereocenters. The number of aliphatic carboxylic acids is 1. The van der Waals surface area contributed by atoms with Crippen LogP contribution in [0.3, 0.4) is 0 Å². The lowest BCUT2D eigenvalue weighted by Gasteiger charge is -2.47. The summed E-state index contributed by atoms with van der Waals surface area (Å²) >= 11 is 0. The largest absolute Gasteiger partial charge is 0.542 e. The maximum Gasteiger partial charge on any atom is 0.430 e. The Morgan fingerprint density at radius 3 is 1.82 bits per heavy atom. The van der Waals surface area contributed by atoms with Crippen LogP contribution in [0.15, 0.2) is 0 Å². The smallest absolute Gasteiger partial charge is 0.430 e. The molecular formula is C19H34F3N4O12-. The molecule has 0 bridgehead atoms. The second kappa shape index (κ2) is 13.4. The number of halogens is 3. The number of carboxylic acids is 1. The summed E-state index contributed by atoms with van der Waals surface area (Å²) in [4.78, 5) is 8.78. The normalized spacial score (nSPS) is 45.8. The van der Waals surface area contributed by atoms with Crippen LogP contribution in [0.1, 0.15) is 6.42 Å². The van der Waals surface area contributed by atoms with Crippen molar-refractivity contribution in [1.82, 2.24) is 0 Å². The van der Waals surface area contributed by atoms with Gasteiger partial charge < -0.3 is 82.4 Å². The number of hydrogen-bond donors (Lipinski definition) is 10. The predicted molar refractivity (Wildman–Crippen MR) is 113 cm³/mol. The van der Waals surface area contributed by atoms with Crippen LogP contribution in [-0.2, 0) is 23.7 Å². The van der Waals surface area contributed by atoms with Crippen molar-refractivity contribution < 1.29 is 72.7 Å². The Balaban J connectivity index is 0.000000638. The number of rotatable bonds is 6. The van der Waals surface area contributed by atoms with Gasteiger partial charge in [0.05, 0.1) is 18.8 Å². The van der Waals surface area contributed by atoms with Gasteiger partial charge in [0.25, 0.3) is 0 Å². The minimum atomic E-state index is -5.19. The number of hydrogen-bond acceptors (Lipinski definition) is 16. The van der Waals surface area contributed by atoms with Gasteiger partial charge in [-0.25, -0.2) is 0 Å². The zero-order valence-corrected chi connectivity index (χ0v) is 19.8. The highest BCUT2D eigenvalue weighted by molar-refractivity contribution is 5.70. The molecule has 19 heteroatoms.